The number of carbonyl (C=O) groups is 2. The first-order valence-corrected chi connectivity index (χ1v) is 11.5. The molecule has 4 rings (SSSR count). The number of rotatable bonds is 7. The van der Waals surface area contributed by atoms with Gasteiger partial charge in [-0.25, -0.2) is 0 Å². The van der Waals surface area contributed by atoms with Crippen LogP contribution >= 0.6 is 0 Å². The monoisotopic (exact) mass is 471 g/mol. The Labute approximate surface area is 204 Å². The van der Waals surface area contributed by atoms with Crippen LogP contribution in [-0.4, -0.2) is 45.8 Å². The number of aromatic nitrogens is 2. The number of aromatic amines is 1. The number of aryl methyl sites for hydroxylation is 1. The van der Waals surface area contributed by atoms with Crippen LogP contribution in [-0.2, 0) is 4.79 Å². The van der Waals surface area contributed by atoms with E-state index >= 15 is 0 Å². The van der Waals surface area contributed by atoms with E-state index in [9.17, 15) is 14.4 Å². The highest BCUT2D eigenvalue weighted by Crippen LogP contribution is 2.24. The smallest absolute Gasteiger partial charge is 0.274 e. The summed E-state index contributed by atoms with van der Waals surface area (Å²) in [5, 5.41) is 6.10. The second-order valence-corrected chi connectivity index (χ2v) is 9.03. The number of H-pyrrole nitrogens is 1. The molecule has 0 saturated carbocycles. The Morgan fingerprint density at radius 2 is 1.94 bits per heavy atom. The van der Waals surface area contributed by atoms with E-state index in [1.54, 1.807) is 35.5 Å². The summed E-state index contributed by atoms with van der Waals surface area (Å²) in [6.45, 7) is 10.8. The summed E-state index contributed by atoms with van der Waals surface area (Å²) in [4.78, 5) is 45.4. The number of nitrogens with zero attached hydrogens (tertiary/aromatic N) is 2. The number of carbonyl (C=O) groups excluding carboxylic acids is 2. The van der Waals surface area contributed by atoms with Gasteiger partial charge in [0.05, 0.1) is 6.04 Å². The molecule has 1 aliphatic rings. The maximum absolute atomic E-state index is 12.9. The van der Waals surface area contributed by atoms with E-state index < -0.39 is 0 Å². The van der Waals surface area contributed by atoms with Crippen molar-refractivity contribution < 1.29 is 9.59 Å². The van der Waals surface area contributed by atoms with Crippen molar-refractivity contribution in [2.45, 2.75) is 32.7 Å². The molecule has 2 aromatic heterocycles. The van der Waals surface area contributed by atoms with Crippen LogP contribution in [0.1, 0.15) is 41.4 Å². The molecule has 35 heavy (non-hydrogen) atoms. The summed E-state index contributed by atoms with van der Waals surface area (Å²) < 4.78 is 0. The van der Waals surface area contributed by atoms with E-state index in [1.807, 2.05) is 25.1 Å². The summed E-state index contributed by atoms with van der Waals surface area (Å²) >= 11 is 0. The third-order valence-electron chi connectivity index (χ3n) is 6.11. The van der Waals surface area contributed by atoms with Crippen LogP contribution in [0, 0.1) is 6.92 Å². The van der Waals surface area contributed by atoms with Crippen LogP contribution < -0.4 is 16.2 Å². The molecule has 1 saturated heterocycles. The van der Waals surface area contributed by atoms with Crippen molar-refractivity contribution in [3.63, 3.8) is 0 Å². The first-order valence-electron chi connectivity index (χ1n) is 11.5. The van der Waals surface area contributed by atoms with Gasteiger partial charge in [-0.05, 0) is 65.9 Å². The summed E-state index contributed by atoms with van der Waals surface area (Å²) in [6.07, 6.45) is 4.45. The molecule has 3 heterocycles. The Morgan fingerprint density at radius 3 is 2.63 bits per heavy atom. The molecule has 3 aromatic rings. The lowest BCUT2D eigenvalue weighted by Crippen LogP contribution is -2.56. The van der Waals surface area contributed by atoms with E-state index in [4.69, 9.17) is 0 Å². The van der Waals surface area contributed by atoms with Crippen molar-refractivity contribution in [3.05, 3.63) is 88.6 Å². The minimum Gasteiger partial charge on any atom is -0.374 e. The Bertz CT molecular complexity index is 1340. The highest BCUT2D eigenvalue weighted by Gasteiger charge is 2.29. The average molecular weight is 472 g/mol. The first kappa shape index (κ1) is 23.9. The number of benzene rings is 1. The lowest BCUT2D eigenvalue weighted by molar-refractivity contribution is -0.129. The number of pyridine rings is 2. The lowest BCUT2D eigenvalue weighted by Gasteiger charge is -2.39. The molecular weight excluding hydrogens is 442 g/mol. The van der Waals surface area contributed by atoms with Gasteiger partial charge in [0.2, 0.25) is 5.91 Å². The normalized spacial score (nSPS) is 13.3. The molecule has 2 amide bonds. The molecule has 1 aromatic carbocycles. The van der Waals surface area contributed by atoms with Crippen LogP contribution in [0.3, 0.4) is 0 Å². The summed E-state index contributed by atoms with van der Waals surface area (Å²) in [7, 11) is 0. The SMILES string of the molecule is C=CC(=O)N1CC(Nc2cc(-c3ccnc(C(=O)Nc4ccc(C(C)C)c(C)c4)c3)c[nH]c2=O)C1. The van der Waals surface area contributed by atoms with Gasteiger partial charge >= 0.3 is 0 Å². The fourth-order valence-electron chi connectivity index (χ4n) is 4.19. The Balaban J connectivity index is 1.49. The fraction of sp³-hybridized carbons (Fsp3) is 0.259. The van der Waals surface area contributed by atoms with Gasteiger partial charge in [-0.15, -0.1) is 0 Å². The van der Waals surface area contributed by atoms with E-state index in [0.717, 1.165) is 16.7 Å². The molecule has 1 aliphatic heterocycles. The van der Waals surface area contributed by atoms with E-state index in [2.05, 4.69) is 41.0 Å². The van der Waals surface area contributed by atoms with Crippen molar-refractivity contribution in [2.75, 3.05) is 23.7 Å². The maximum atomic E-state index is 12.9. The minimum atomic E-state index is -0.312. The Kier molecular flexibility index (Phi) is 6.82. The average Bonchev–Trinajstić information content (AvgIpc) is 2.81. The third-order valence-corrected chi connectivity index (χ3v) is 6.11. The molecule has 0 aliphatic carbocycles. The van der Waals surface area contributed by atoms with Gasteiger partial charge in [0.25, 0.3) is 11.5 Å². The number of anilines is 2. The Morgan fingerprint density at radius 1 is 1.17 bits per heavy atom. The molecule has 0 unspecified atom stereocenters. The van der Waals surface area contributed by atoms with Crippen molar-refractivity contribution >= 4 is 23.2 Å². The first-order chi connectivity index (χ1) is 16.7. The predicted octanol–water partition coefficient (Wildman–Crippen LogP) is 3.93. The van der Waals surface area contributed by atoms with Crippen molar-refractivity contribution in [3.8, 4) is 11.1 Å². The second kappa shape index (κ2) is 9.97. The second-order valence-electron chi connectivity index (χ2n) is 9.03. The molecule has 0 bridgehead atoms. The lowest BCUT2D eigenvalue weighted by atomic mass is 9.97. The quantitative estimate of drug-likeness (QED) is 0.453. The van der Waals surface area contributed by atoms with Crippen molar-refractivity contribution in [2.24, 2.45) is 0 Å². The predicted molar refractivity (Wildman–Crippen MR) is 138 cm³/mol. The number of hydrogen-bond donors (Lipinski definition) is 3. The minimum absolute atomic E-state index is 0.0143. The zero-order valence-electron chi connectivity index (χ0n) is 20.1. The van der Waals surface area contributed by atoms with E-state index in [0.29, 0.717) is 30.4 Å². The largest absolute Gasteiger partial charge is 0.374 e. The number of amides is 2. The summed E-state index contributed by atoms with van der Waals surface area (Å²) in [5.74, 6) is -0.0280. The molecule has 0 radical (unpaired) electrons. The van der Waals surface area contributed by atoms with Gasteiger partial charge < -0.3 is 20.5 Å². The third kappa shape index (κ3) is 5.32. The number of nitrogens with one attached hydrogen (secondary N) is 3. The zero-order valence-corrected chi connectivity index (χ0v) is 20.1. The van der Waals surface area contributed by atoms with Gasteiger partial charge in [-0.3, -0.25) is 19.4 Å². The van der Waals surface area contributed by atoms with Gasteiger partial charge in [-0.1, -0.05) is 26.5 Å². The standard InChI is InChI=1S/C27H29N5O3/c1-5-25(33)32-14-21(15-32)30-24-12-19(13-29-26(24)34)18-8-9-28-23(11-18)27(35)31-20-6-7-22(16(2)3)17(4)10-20/h5-13,16,21,30H,1,14-15H2,2-4H3,(H,29,34)(H,31,35). The molecule has 1 fully saturated rings. The van der Waals surface area contributed by atoms with Gasteiger partial charge in [0.1, 0.15) is 11.4 Å². The molecule has 3 N–H and O–H groups in total. The van der Waals surface area contributed by atoms with E-state index in [-0.39, 0.29) is 29.1 Å². The number of likely N-dealkylation sites (tertiary alicyclic amines) is 1. The zero-order chi connectivity index (χ0) is 25.1. The van der Waals surface area contributed by atoms with Crippen LogP contribution in [0.15, 0.2) is 66.2 Å². The topological polar surface area (TPSA) is 107 Å². The van der Waals surface area contributed by atoms with Gasteiger partial charge in [0.15, 0.2) is 0 Å². The Hall–Kier alpha value is -4.20. The highest BCUT2D eigenvalue weighted by molar-refractivity contribution is 6.03. The highest BCUT2D eigenvalue weighted by atomic mass is 16.2. The summed E-state index contributed by atoms with van der Waals surface area (Å²) in [5.41, 5.74) is 4.97. The van der Waals surface area contributed by atoms with Gasteiger partial charge in [-0.2, -0.15) is 0 Å². The maximum Gasteiger partial charge on any atom is 0.274 e. The van der Waals surface area contributed by atoms with Gasteiger partial charge in [0, 0.05) is 36.7 Å². The molecular formula is C27H29N5O3. The van der Waals surface area contributed by atoms with Crippen LogP contribution in [0.25, 0.3) is 11.1 Å². The van der Waals surface area contributed by atoms with Crippen LogP contribution in [0.5, 0.6) is 0 Å². The molecule has 0 atom stereocenters. The molecule has 8 nitrogen and oxygen atoms in total. The van der Waals surface area contributed by atoms with Crippen molar-refractivity contribution in [1.29, 1.82) is 0 Å². The molecule has 180 valence electrons. The summed E-state index contributed by atoms with van der Waals surface area (Å²) in [6, 6.07) is 11.1. The number of hydrogen-bond acceptors (Lipinski definition) is 5. The fourth-order valence-corrected chi connectivity index (χ4v) is 4.19. The van der Waals surface area contributed by atoms with Crippen molar-refractivity contribution in [1.82, 2.24) is 14.9 Å². The molecule has 8 heteroatoms. The van der Waals surface area contributed by atoms with Crippen LogP contribution in [0.4, 0.5) is 11.4 Å². The van der Waals surface area contributed by atoms with E-state index in [1.165, 1.54) is 11.6 Å². The van der Waals surface area contributed by atoms with Crippen LogP contribution in [0.2, 0.25) is 0 Å². The molecule has 0 spiro atoms.